The van der Waals surface area contributed by atoms with Gasteiger partial charge >= 0.3 is 0 Å². The molecule has 1 aromatic heterocycles. The van der Waals surface area contributed by atoms with Crippen LogP contribution in [0.3, 0.4) is 0 Å². The molecule has 1 aliphatic rings. The van der Waals surface area contributed by atoms with Gasteiger partial charge in [0.15, 0.2) is 5.13 Å². The second-order valence-electron chi connectivity index (χ2n) is 5.53. The van der Waals surface area contributed by atoms with Crippen LogP contribution in [0.1, 0.15) is 58.7 Å². The molecule has 21 heavy (non-hydrogen) atoms. The van der Waals surface area contributed by atoms with Crippen molar-refractivity contribution in [3.63, 3.8) is 0 Å². The molecule has 0 saturated carbocycles. The van der Waals surface area contributed by atoms with Crippen LogP contribution in [-0.2, 0) is 9.59 Å². The van der Waals surface area contributed by atoms with Crippen LogP contribution in [0.5, 0.6) is 0 Å². The molecule has 2 heterocycles. The molecule has 0 aliphatic carbocycles. The molecule has 1 saturated heterocycles. The van der Waals surface area contributed by atoms with E-state index in [-0.39, 0.29) is 17.9 Å². The molecule has 1 aromatic rings. The van der Waals surface area contributed by atoms with E-state index in [9.17, 15) is 9.59 Å². The van der Waals surface area contributed by atoms with Gasteiger partial charge in [0.25, 0.3) is 0 Å². The fourth-order valence-corrected chi connectivity index (χ4v) is 3.71. The van der Waals surface area contributed by atoms with Gasteiger partial charge in [0.2, 0.25) is 11.8 Å². The SMILES string of the molecule is CCNC(C)c1csc(N2C(=O)CC(CC)(CC)C2=O)n1. The lowest BCUT2D eigenvalue weighted by atomic mass is 9.81. The molecule has 6 heteroatoms. The quantitative estimate of drug-likeness (QED) is 0.821. The maximum absolute atomic E-state index is 12.7. The van der Waals surface area contributed by atoms with Gasteiger partial charge in [-0.15, -0.1) is 11.3 Å². The first kappa shape index (κ1) is 16.1. The van der Waals surface area contributed by atoms with Crippen molar-refractivity contribution in [3.8, 4) is 0 Å². The molecular formula is C15H23N3O2S. The minimum Gasteiger partial charge on any atom is -0.309 e. The lowest BCUT2D eigenvalue weighted by molar-refractivity contribution is -0.126. The Morgan fingerprint density at radius 1 is 1.38 bits per heavy atom. The van der Waals surface area contributed by atoms with Crippen LogP contribution in [0.4, 0.5) is 5.13 Å². The number of anilines is 1. The molecular weight excluding hydrogens is 286 g/mol. The molecule has 116 valence electrons. The molecule has 1 atom stereocenters. The Labute approximate surface area is 129 Å². The van der Waals surface area contributed by atoms with Crippen molar-refractivity contribution in [2.75, 3.05) is 11.4 Å². The van der Waals surface area contributed by atoms with Crippen LogP contribution in [0.2, 0.25) is 0 Å². The lowest BCUT2D eigenvalue weighted by Gasteiger charge is -2.22. The first-order valence-electron chi connectivity index (χ1n) is 7.55. The smallest absolute Gasteiger partial charge is 0.242 e. The van der Waals surface area contributed by atoms with Crippen molar-refractivity contribution in [1.29, 1.82) is 0 Å². The normalized spacial score (nSPS) is 19.3. The summed E-state index contributed by atoms with van der Waals surface area (Å²) in [4.78, 5) is 30.7. The second kappa shape index (κ2) is 6.23. The average molecular weight is 309 g/mol. The van der Waals surface area contributed by atoms with E-state index in [2.05, 4.69) is 10.3 Å². The molecule has 1 fully saturated rings. The standard InChI is InChI=1S/C15H23N3O2S/c1-5-15(6-2)8-12(19)18(13(15)20)14-17-11(9-21-14)10(4)16-7-3/h9-10,16H,5-8H2,1-4H3. The fraction of sp³-hybridized carbons (Fsp3) is 0.667. The van der Waals surface area contributed by atoms with Gasteiger partial charge in [0, 0.05) is 17.8 Å². The van der Waals surface area contributed by atoms with Crippen LogP contribution in [0.15, 0.2) is 5.38 Å². The van der Waals surface area contributed by atoms with Gasteiger partial charge in [-0.25, -0.2) is 9.88 Å². The zero-order valence-electron chi connectivity index (χ0n) is 13.1. The predicted molar refractivity (Wildman–Crippen MR) is 84.3 cm³/mol. The number of carbonyl (C=O) groups excluding carboxylic acids is 2. The predicted octanol–water partition coefficient (Wildman–Crippen LogP) is 2.88. The first-order chi connectivity index (χ1) is 9.99. The summed E-state index contributed by atoms with van der Waals surface area (Å²) in [5, 5.41) is 5.71. The number of rotatable bonds is 6. The van der Waals surface area contributed by atoms with E-state index in [0.717, 1.165) is 12.2 Å². The van der Waals surface area contributed by atoms with E-state index in [0.29, 0.717) is 24.4 Å². The minimum absolute atomic E-state index is 0.0884. The van der Waals surface area contributed by atoms with Crippen LogP contribution >= 0.6 is 11.3 Å². The van der Waals surface area contributed by atoms with E-state index >= 15 is 0 Å². The summed E-state index contributed by atoms with van der Waals surface area (Å²) in [5.74, 6) is -0.213. The Balaban J connectivity index is 2.26. The molecule has 1 unspecified atom stereocenters. The topological polar surface area (TPSA) is 62.3 Å². The summed E-state index contributed by atoms with van der Waals surface area (Å²) in [6.07, 6.45) is 1.68. The van der Waals surface area contributed by atoms with Crippen LogP contribution in [0.25, 0.3) is 0 Å². The molecule has 1 aliphatic heterocycles. The Bertz CT molecular complexity index is 537. The zero-order valence-corrected chi connectivity index (χ0v) is 13.9. The van der Waals surface area contributed by atoms with E-state index in [1.54, 1.807) is 0 Å². The van der Waals surface area contributed by atoms with Crippen molar-refractivity contribution in [3.05, 3.63) is 11.1 Å². The monoisotopic (exact) mass is 309 g/mol. The Hall–Kier alpha value is -1.27. The number of nitrogens with one attached hydrogen (secondary N) is 1. The first-order valence-corrected chi connectivity index (χ1v) is 8.43. The Kier molecular flexibility index (Phi) is 4.78. The highest BCUT2D eigenvalue weighted by molar-refractivity contribution is 7.14. The summed E-state index contributed by atoms with van der Waals surface area (Å²) in [7, 11) is 0. The van der Waals surface area contributed by atoms with Gasteiger partial charge < -0.3 is 5.32 Å². The molecule has 2 rings (SSSR count). The number of carbonyl (C=O) groups is 2. The van der Waals surface area contributed by atoms with Crippen LogP contribution < -0.4 is 10.2 Å². The third-order valence-electron chi connectivity index (χ3n) is 4.40. The van der Waals surface area contributed by atoms with E-state index < -0.39 is 5.41 Å². The Morgan fingerprint density at radius 2 is 2.05 bits per heavy atom. The summed E-state index contributed by atoms with van der Waals surface area (Å²) in [5.41, 5.74) is 0.346. The van der Waals surface area contributed by atoms with Gasteiger partial charge in [0.05, 0.1) is 11.1 Å². The van der Waals surface area contributed by atoms with Crippen molar-refractivity contribution in [1.82, 2.24) is 10.3 Å². The number of aromatic nitrogens is 1. The van der Waals surface area contributed by atoms with E-state index in [4.69, 9.17) is 0 Å². The Morgan fingerprint density at radius 3 is 2.57 bits per heavy atom. The second-order valence-corrected chi connectivity index (χ2v) is 6.37. The largest absolute Gasteiger partial charge is 0.309 e. The van der Waals surface area contributed by atoms with Gasteiger partial charge in [-0.2, -0.15) is 0 Å². The molecule has 0 radical (unpaired) electrons. The molecule has 1 N–H and O–H groups in total. The van der Waals surface area contributed by atoms with Crippen LogP contribution in [-0.4, -0.2) is 23.3 Å². The number of imide groups is 1. The molecule has 5 nitrogen and oxygen atoms in total. The minimum atomic E-state index is -0.532. The highest BCUT2D eigenvalue weighted by Crippen LogP contribution is 2.42. The number of nitrogens with zero attached hydrogens (tertiary/aromatic N) is 2. The van der Waals surface area contributed by atoms with E-state index in [1.807, 2.05) is 33.1 Å². The van der Waals surface area contributed by atoms with Gasteiger partial charge in [-0.1, -0.05) is 20.8 Å². The van der Waals surface area contributed by atoms with Crippen molar-refractivity contribution < 1.29 is 9.59 Å². The van der Waals surface area contributed by atoms with Gasteiger partial charge in [-0.05, 0) is 26.3 Å². The van der Waals surface area contributed by atoms with Crippen molar-refractivity contribution >= 4 is 28.3 Å². The number of amides is 2. The summed E-state index contributed by atoms with van der Waals surface area (Å²) < 4.78 is 0. The average Bonchev–Trinajstić information content (AvgIpc) is 3.03. The zero-order chi connectivity index (χ0) is 15.6. The van der Waals surface area contributed by atoms with Crippen molar-refractivity contribution in [2.24, 2.45) is 5.41 Å². The number of thiazole rings is 1. The molecule has 0 bridgehead atoms. The van der Waals surface area contributed by atoms with Gasteiger partial charge in [0.1, 0.15) is 0 Å². The third-order valence-corrected chi connectivity index (χ3v) is 5.25. The summed E-state index contributed by atoms with van der Waals surface area (Å²) in [6.45, 7) is 8.86. The molecule has 2 amide bonds. The van der Waals surface area contributed by atoms with Crippen molar-refractivity contribution in [2.45, 2.75) is 53.0 Å². The summed E-state index contributed by atoms with van der Waals surface area (Å²) >= 11 is 1.36. The molecule has 0 spiro atoms. The summed E-state index contributed by atoms with van der Waals surface area (Å²) in [6, 6.07) is 0.120. The highest BCUT2D eigenvalue weighted by atomic mass is 32.1. The maximum atomic E-state index is 12.7. The number of hydrogen-bond donors (Lipinski definition) is 1. The van der Waals surface area contributed by atoms with Gasteiger partial charge in [-0.3, -0.25) is 9.59 Å². The molecule has 0 aromatic carbocycles. The highest BCUT2D eigenvalue weighted by Gasteiger charge is 2.50. The van der Waals surface area contributed by atoms with E-state index in [1.165, 1.54) is 16.2 Å². The lowest BCUT2D eigenvalue weighted by Crippen LogP contribution is -2.35. The van der Waals surface area contributed by atoms with Crippen LogP contribution in [0, 0.1) is 5.41 Å². The third kappa shape index (κ3) is 2.74. The maximum Gasteiger partial charge on any atom is 0.242 e. The number of hydrogen-bond acceptors (Lipinski definition) is 5. The fourth-order valence-electron chi connectivity index (χ4n) is 2.78.